The van der Waals surface area contributed by atoms with Gasteiger partial charge in [-0.2, -0.15) is 0 Å². The van der Waals surface area contributed by atoms with E-state index in [9.17, 15) is 4.79 Å². The fraction of sp³-hybridized carbons (Fsp3) is 0.400. The molecule has 0 bridgehead atoms. The Morgan fingerprint density at radius 3 is 2.55 bits per heavy atom. The number of fused-ring (bicyclic) bond motifs is 1. The van der Waals surface area contributed by atoms with E-state index in [1.54, 1.807) is 0 Å². The summed E-state index contributed by atoms with van der Waals surface area (Å²) in [7, 11) is 1.38. The van der Waals surface area contributed by atoms with Crippen LogP contribution in [0.4, 0.5) is 0 Å². The first-order valence-corrected chi connectivity index (χ1v) is 7.42. The van der Waals surface area contributed by atoms with Gasteiger partial charge in [-0.25, -0.2) is 4.79 Å². The molecule has 2 rings (SSSR count). The number of benzene rings is 1. The number of ether oxygens (including phenoxy) is 3. The molecule has 1 aromatic heterocycles. The zero-order chi connectivity index (χ0) is 14.5. The average molecular weight is 294 g/mol. The Kier molecular flexibility index (Phi) is 4.84. The second kappa shape index (κ2) is 6.61. The molecule has 0 fully saturated rings. The Morgan fingerprint density at radius 2 is 1.90 bits per heavy atom. The third-order valence-electron chi connectivity index (χ3n) is 2.73. The molecule has 4 nitrogen and oxygen atoms in total. The molecule has 2 aromatic rings. The lowest BCUT2D eigenvalue weighted by atomic mass is 10.2. The smallest absolute Gasteiger partial charge is 0.348 e. The van der Waals surface area contributed by atoms with Gasteiger partial charge in [-0.05, 0) is 30.9 Å². The van der Waals surface area contributed by atoms with Crippen LogP contribution in [0.5, 0.6) is 11.5 Å². The fourth-order valence-electron chi connectivity index (χ4n) is 1.84. The quantitative estimate of drug-likeness (QED) is 0.759. The highest BCUT2D eigenvalue weighted by molar-refractivity contribution is 7.20. The van der Waals surface area contributed by atoms with Crippen molar-refractivity contribution >= 4 is 27.4 Å². The summed E-state index contributed by atoms with van der Waals surface area (Å²) in [5.74, 6) is 1.11. The van der Waals surface area contributed by atoms with Crippen molar-refractivity contribution in [2.75, 3.05) is 20.3 Å². The number of methoxy groups -OCH3 is 1. The van der Waals surface area contributed by atoms with Gasteiger partial charge in [-0.3, -0.25) is 0 Å². The molecule has 1 aromatic carbocycles. The topological polar surface area (TPSA) is 44.8 Å². The Balaban J connectivity index is 2.43. The van der Waals surface area contributed by atoms with Gasteiger partial charge in [0.15, 0.2) is 11.5 Å². The lowest BCUT2D eigenvalue weighted by molar-refractivity contribution is 0.0606. The van der Waals surface area contributed by atoms with Crippen molar-refractivity contribution in [2.24, 2.45) is 0 Å². The summed E-state index contributed by atoms with van der Waals surface area (Å²) >= 11 is 1.39. The van der Waals surface area contributed by atoms with Crippen molar-refractivity contribution in [3.05, 3.63) is 23.1 Å². The van der Waals surface area contributed by atoms with Crippen LogP contribution in [0.25, 0.3) is 10.1 Å². The number of hydrogen-bond donors (Lipinski definition) is 0. The first-order valence-electron chi connectivity index (χ1n) is 6.61. The van der Waals surface area contributed by atoms with Crippen molar-refractivity contribution in [3.8, 4) is 11.5 Å². The molecular formula is C15H18O4S. The number of rotatable bonds is 6. The minimum atomic E-state index is -0.319. The Morgan fingerprint density at radius 1 is 1.15 bits per heavy atom. The van der Waals surface area contributed by atoms with E-state index in [0.717, 1.165) is 22.3 Å². The maximum atomic E-state index is 11.6. The molecule has 0 unspecified atom stereocenters. The van der Waals surface area contributed by atoms with Gasteiger partial charge in [-0.1, -0.05) is 6.92 Å². The molecule has 0 aliphatic heterocycles. The molecule has 0 N–H and O–H groups in total. The van der Waals surface area contributed by atoms with Crippen LogP contribution in [0.3, 0.4) is 0 Å². The van der Waals surface area contributed by atoms with Crippen molar-refractivity contribution in [3.63, 3.8) is 0 Å². The normalized spacial score (nSPS) is 10.6. The third kappa shape index (κ3) is 3.04. The molecule has 0 aliphatic carbocycles. The Labute approximate surface area is 122 Å². The van der Waals surface area contributed by atoms with Gasteiger partial charge in [0.1, 0.15) is 4.88 Å². The van der Waals surface area contributed by atoms with E-state index in [2.05, 4.69) is 6.92 Å². The van der Waals surface area contributed by atoms with Crippen LogP contribution in [0.15, 0.2) is 18.2 Å². The highest BCUT2D eigenvalue weighted by atomic mass is 32.1. The van der Waals surface area contributed by atoms with Crippen molar-refractivity contribution in [2.45, 2.75) is 20.3 Å². The Bertz CT molecular complexity index is 603. The van der Waals surface area contributed by atoms with Gasteiger partial charge in [0, 0.05) is 10.8 Å². The second-order valence-electron chi connectivity index (χ2n) is 4.22. The standard InChI is InChI=1S/C15H18O4S/c1-4-6-19-12-9-13-10(7-11(12)18-5-2)8-14(20-13)15(16)17-3/h7-9H,4-6H2,1-3H3. The van der Waals surface area contributed by atoms with Crippen LogP contribution in [0, 0.1) is 0 Å². The van der Waals surface area contributed by atoms with Gasteiger partial charge in [0.25, 0.3) is 0 Å². The second-order valence-corrected chi connectivity index (χ2v) is 5.30. The van der Waals surface area contributed by atoms with E-state index in [4.69, 9.17) is 14.2 Å². The number of hydrogen-bond acceptors (Lipinski definition) is 5. The molecule has 0 saturated carbocycles. The third-order valence-corrected chi connectivity index (χ3v) is 3.81. The molecule has 0 amide bonds. The molecule has 0 atom stereocenters. The summed E-state index contributed by atoms with van der Waals surface area (Å²) in [5.41, 5.74) is 0. The van der Waals surface area contributed by atoms with Gasteiger partial charge in [-0.15, -0.1) is 11.3 Å². The summed E-state index contributed by atoms with van der Waals surface area (Å²) in [6.45, 7) is 5.20. The zero-order valence-electron chi connectivity index (χ0n) is 11.9. The van der Waals surface area contributed by atoms with Gasteiger partial charge >= 0.3 is 5.97 Å². The maximum Gasteiger partial charge on any atom is 0.348 e. The predicted octanol–water partition coefficient (Wildman–Crippen LogP) is 3.88. The summed E-state index contributed by atoms with van der Waals surface area (Å²) in [6, 6.07) is 5.65. The van der Waals surface area contributed by atoms with Gasteiger partial charge in [0.2, 0.25) is 0 Å². The lowest BCUT2D eigenvalue weighted by Crippen LogP contribution is -1.99. The van der Waals surface area contributed by atoms with Gasteiger partial charge < -0.3 is 14.2 Å². The van der Waals surface area contributed by atoms with E-state index >= 15 is 0 Å². The van der Waals surface area contributed by atoms with Crippen molar-refractivity contribution in [1.82, 2.24) is 0 Å². The van der Waals surface area contributed by atoms with Crippen molar-refractivity contribution < 1.29 is 19.0 Å². The number of thiophene rings is 1. The number of carbonyl (C=O) groups excluding carboxylic acids is 1. The van der Waals surface area contributed by atoms with E-state index in [0.29, 0.717) is 23.8 Å². The largest absolute Gasteiger partial charge is 0.490 e. The van der Waals surface area contributed by atoms with Gasteiger partial charge in [0.05, 0.1) is 20.3 Å². The summed E-state index contributed by atoms with van der Waals surface area (Å²) in [4.78, 5) is 12.2. The average Bonchev–Trinajstić information content (AvgIpc) is 2.87. The first kappa shape index (κ1) is 14.7. The van der Waals surface area contributed by atoms with Crippen LogP contribution in [0.1, 0.15) is 29.9 Å². The van der Waals surface area contributed by atoms with Crippen LogP contribution in [-0.4, -0.2) is 26.3 Å². The van der Waals surface area contributed by atoms with E-state index < -0.39 is 0 Å². The monoisotopic (exact) mass is 294 g/mol. The highest BCUT2D eigenvalue weighted by Gasteiger charge is 2.14. The molecule has 1 heterocycles. The van der Waals surface area contributed by atoms with Crippen molar-refractivity contribution in [1.29, 1.82) is 0 Å². The molecule has 0 radical (unpaired) electrons. The van der Waals surface area contributed by atoms with E-state index in [-0.39, 0.29) is 5.97 Å². The highest BCUT2D eigenvalue weighted by Crippen LogP contribution is 2.37. The molecule has 108 valence electrons. The number of esters is 1. The molecule has 0 spiro atoms. The lowest BCUT2D eigenvalue weighted by Gasteiger charge is -2.11. The Hall–Kier alpha value is -1.75. The molecule has 5 heteroatoms. The van der Waals surface area contributed by atoms with Crippen LogP contribution in [-0.2, 0) is 4.74 Å². The minimum Gasteiger partial charge on any atom is -0.490 e. The minimum absolute atomic E-state index is 0.319. The molecular weight excluding hydrogens is 276 g/mol. The number of carbonyl (C=O) groups is 1. The van der Waals surface area contributed by atoms with Crippen LogP contribution < -0.4 is 9.47 Å². The summed E-state index contributed by atoms with van der Waals surface area (Å²) in [5, 5.41) is 0.961. The maximum absolute atomic E-state index is 11.6. The first-order chi connectivity index (χ1) is 9.69. The zero-order valence-corrected chi connectivity index (χ0v) is 12.7. The fourth-order valence-corrected chi connectivity index (χ4v) is 2.83. The van der Waals surface area contributed by atoms with E-state index in [1.807, 2.05) is 25.1 Å². The van der Waals surface area contributed by atoms with Crippen LogP contribution in [0.2, 0.25) is 0 Å². The van der Waals surface area contributed by atoms with E-state index in [1.165, 1.54) is 18.4 Å². The predicted molar refractivity (Wildman–Crippen MR) is 80.1 cm³/mol. The summed E-state index contributed by atoms with van der Waals surface area (Å²) in [6.07, 6.45) is 0.932. The molecule has 20 heavy (non-hydrogen) atoms. The van der Waals surface area contributed by atoms with Crippen LogP contribution >= 0.6 is 11.3 Å². The molecule has 0 saturated heterocycles. The summed E-state index contributed by atoms with van der Waals surface area (Å²) < 4.78 is 17.0. The SMILES string of the molecule is CCCOc1cc2sc(C(=O)OC)cc2cc1OCC. The molecule has 0 aliphatic rings.